The van der Waals surface area contributed by atoms with Gasteiger partial charge in [0.1, 0.15) is 14.2 Å². The molecule has 0 amide bonds. The molecule has 0 aromatic heterocycles. The fourth-order valence-corrected chi connectivity index (χ4v) is 6.11. The lowest BCUT2D eigenvalue weighted by atomic mass is 10.1. The first kappa shape index (κ1) is 49.9. The van der Waals surface area contributed by atoms with E-state index < -0.39 is 32.2 Å². The van der Waals surface area contributed by atoms with Crippen molar-refractivity contribution in [3.63, 3.8) is 0 Å². The lowest BCUT2D eigenvalue weighted by Gasteiger charge is -2.30. The normalized spacial score (nSPS) is 13.8. The Kier molecular flexibility index (Phi) is 30.5. The minimum Gasteiger partial charge on any atom is -0.778 e. The van der Waals surface area contributed by atoms with Crippen LogP contribution in [0.15, 0.2) is 48.6 Å². The molecule has 0 spiro atoms. The van der Waals surface area contributed by atoms with Gasteiger partial charge < -0.3 is 37.4 Å². The molecule has 0 rings (SSSR count). The van der Waals surface area contributed by atoms with Crippen molar-refractivity contribution in [3.8, 4) is 0 Å². The van der Waals surface area contributed by atoms with E-state index in [4.69, 9.17) is 23.5 Å². The number of carbonyl (C=O) groups excluding carboxylic acids is 4. The average Bonchev–Trinajstić information content (AvgIpc) is 3.10. The topological polar surface area (TPSA) is 155 Å². The van der Waals surface area contributed by atoms with E-state index in [1.165, 1.54) is 12.2 Å². The van der Waals surface area contributed by atoms with Crippen LogP contribution in [0.4, 0.5) is 0 Å². The molecule has 12 nitrogen and oxygen atoms in total. The molecule has 304 valence electrons. The second-order valence-corrected chi connectivity index (χ2v) is 15.9. The van der Waals surface area contributed by atoms with Gasteiger partial charge >= 0.3 is 23.9 Å². The van der Waals surface area contributed by atoms with Gasteiger partial charge in [-0.1, -0.05) is 101 Å². The van der Waals surface area contributed by atoms with Gasteiger partial charge in [-0.25, -0.2) is 9.59 Å². The highest BCUT2D eigenvalue weighted by atomic mass is 31.2. The summed E-state index contributed by atoms with van der Waals surface area (Å²) in [5.74, 6) is -1.62. The zero-order chi connectivity index (χ0) is 39.6. The number of hydrogen-bond acceptors (Lipinski definition) is 11. The predicted octanol–water partition coefficient (Wildman–Crippen LogP) is 7.31. The summed E-state index contributed by atoms with van der Waals surface area (Å²) in [4.78, 5) is 60.6. The summed E-state index contributed by atoms with van der Waals surface area (Å²) >= 11 is 0. The Hall–Kier alpha value is -3.05. The van der Waals surface area contributed by atoms with Crippen molar-refractivity contribution in [2.45, 2.75) is 123 Å². The van der Waals surface area contributed by atoms with Gasteiger partial charge in [-0.3, -0.25) is 9.59 Å². The Morgan fingerprint density at radius 1 is 0.604 bits per heavy atom. The Bertz CT molecular complexity index is 1170. The first-order valence-corrected chi connectivity index (χ1v) is 21.0. The number of unbranched alkanes of at least 4 members (excludes halogenated alkanes) is 12. The van der Waals surface area contributed by atoms with Crippen LogP contribution in [-0.2, 0) is 47.2 Å². The second kappa shape index (κ2) is 32.4. The van der Waals surface area contributed by atoms with Crippen LogP contribution in [0.5, 0.6) is 0 Å². The standard InChI is InChI=1S/C40H68NO11P/c1-6-8-20-26-37(42)48-31-24-18-14-10-12-16-22-28-39(44)50-34-36(35-51-53(46,47)33-30-41(3,4)5)52-40(45)29-23-17-13-11-15-19-25-32-49-38(43)27-21-9-7-2/h6-9,20-21,26-27,36H,10-19,22-25,28-35H2,1-5H3/b8-6-,9-7+,26-20+,27-21+/t36-/m1/s1. The molecule has 0 aromatic rings. The summed E-state index contributed by atoms with van der Waals surface area (Å²) in [5, 5.41) is 0. The third kappa shape index (κ3) is 35.7. The van der Waals surface area contributed by atoms with E-state index in [1.54, 1.807) is 24.3 Å². The first-order valence-electron chi connectivity index (χ1n) is 19.3. The molecular weight excluding hydrogens is 701 g/mol. The van der Waals surface area contributed by atoms with Crippen LogP contribution in [0.25, 0.3) is 0 Å². The SMILES string of the molecule is C/C=C\C=C\C(=O)OCCCCCCCCCC(=O)OC[C@H](COP(=O)([O-])CC[N+](C)(C)C)OC(=O)CCCCCCCCCOC(=O)/C=C/C=C/C. The highest BCUT2D eigenvalue weighted by molar-refractivity contribution is 7.51. The van der Waals surface area contributed by atoms with Gasteiger partial charge in [0, 0.05) is 25.0 Å². The molecule has 2 atom stereocenters. The summed E-state index contributed by atoms with van der Waals surface area (Å²) in [6.07, 6.45) is 24.9. The van der Waals surface area contributed by atoms with Crippen LogP contribution in [-0.4, -0.2) is 94.7 Å². The molecule has 0 saturated carbocycles. The summed E-state index contributed by atoms with van der Waals surface area (Å²) < 4.78 is 39.3. The molecule has 0 saturated heterocycles. The van der Waals surface area contributed by atoms with Crippen LogP contribution in [0, 0.1) is 0 Å². The van der Waals surface area contributed by atoms with Gasteiger partial charge in [-0.05, 0) is 39.5 Å². The number of allylic oxidation sites excluding steroid dienone is 6. The second-order valence-electron chi connectivity index (χ2n) is 14.0. The molecule has 0 aliphatic heterocycles. The van der Waals surface area contributed by atoms with E-state index in [2.05, 4.69) is 0 Å². The largest absolute Gasteiger partial charge is 0.778 e. The Morgan fingerprint density at radius 2 is 1.04 bits per heavy atom. The molecule has 0 N–H and O–H groups in total. The molecule has 0 aliphatic rings. The minimum absolute atomic E-state index is 0.164. The van der Waals surface area contributed by atoms with Crippen LogP contribution in [0.1, 0.15) is 117 Å². The molecule has 0 radical (unpaired) electrons. The number of hydrogen-bond donors (Lipinski definition) is 0. The molecule has 13 heteroatoms. The van der Waals surface area contributed by atoms with Gasteiger partial charge in [-0.15, -0.1) is 0 Å². The number of esters is 4. The van der Waals surface area contributed by atoms with Crippen LogP contribution >= 0.6 is 7.60 Å². The van der Waals surface area contributed by atoms with Crippen molar-refractivity contribution in [2.75, 3.05) is 60.3 Å². The van der Waals surface area contributed by atoms with E-state index in [0.717, 1.165) is 77.0 Å². The number of nitrogens with zero attached hydrogens (tertiary/aromatic N) is 1. The van der Waals surface area contributed by atoms with Crippen LogP contribution in [0.3, 0.4) is 0 Å². The maximum Gasteiger partial charge on any atom is 0.330 e. The molecule has 0 fully saturated rings. The molecule has 0 heterocycles. The average molecular weight is 770 g/mol. The Labute approximate surface area is 319 Å². The van der Waals surface area contributed by atoms with Crippen molar-refractivity contribution in [1.29, 1.82) is 0 Å². The monoisotopic (exact) mass is 769 g/mol. The third-order valence-electron chi connectivity index (χ3n) is 7.84. The lowest BCUT2D eigenvalue weighted by Crippen LogP contribution is -2.38. The van der Waals surface area contributed by atoms with Gasteiger partial charge in [0.25, 0.3) is 0 Å². The number of ether oxygens (including phenoxy) is 4. The smallest absolute Gasteiger partial charge is 0.330 e. The molecule has 0 aromatic carbocycles. The van der Waals surface area contributed by atoms with E-state index in [9.17, 15) is 28.6 Å². The highest BCUT2D eigenvalue weighted by Crippen LogP contribution is 2.37. The van der Waals surface area contributed by atoms with Crippen molar-refractivity contribution >= 4 is 31.5 Å². The predicted molar refractivity (Wildman–Crippen MR) is 206 cm³/mol. The number of rotatable bonds is 33. The summed E-state index contributed by atoms with van der Waals surface area (Å²) in [6.45, 7) is 4.19. The van der Waals surface area contributed by atoms with E-state index in [-0.39, 0.29) is 37.5 Å². The van der Waals surface area contributed by atoms with E-state index in [1.807, 2.05) is 47.1 Å². The lowest BCUT2D eigenvalue weighted by molar-refractivity contribution is -0.868. The molecule has 0 aliphatic carbocycles. The fraction of sp³-hybridized carbons (Fsp3) is 0.700. The maximum absolute atomic E-state index is 12.6. The number of carbonyl (C=O) groups is 4. The van der Waals surface area contributed by atoms with Gasteiger partial charge in [0.15, 0.2) is 6.10 Å². The number of quaternary nitrogens is 1. The first-order chi connectivity index (χ1) is 25.3. The third-order valence-corrected chi connectivity index (χ3v) is 9.13. The van der Waals surface area contributed by atoms with Gasteiger partial charge in [-0.2, -0.15) is 0 Å². The highest BCUT2D eigenvalue weighted by Gasteiger charge is 2.22. The zero-order valence-corrected chi connectivity index (χ0v) is 34.0. The summed E-state index contributed by atoms with van der Waals surface area (Å²) in [5.41, 5.74) is 0. The quantitative estimate of drug-likeness (QED) is 0.0126. The van der Waals surface area contributed by atoms with Crippen LogP contribution < -0.4 is 4.89 Å². The molecule has 1 unspecified atom stereocenters. The molecule has 53 heavy (non-hydrogen) atoms. The van der Waals surface area contributed by atoms with Gasteiger partial charge in [0.05, 0.1) is 53.7 Å². The summed E-state index contributed by atoms with van der Waals surface area (Å²) in [7, 11) is 1.45. The van der Waals surface area contributed by atoms with Crippen molar-refractivity contribution in [2.24, 2.45) is 0 Å². The van der Waals surface area contributed by atoms with Crippen molar-refractivity contribution < 1.29 is 56.6 Å². The van der Waals surface area contributed by atoms with Crippen LogP contribution in [0.2, 0.25) is 0 Å². The molecular formula is C40H68NO11P. The zero-order valence-electron chi connectivity index (χ0n) is 33.1. The maximum atomic E-state index is 12.6. The summed E-state index contributed by atoms with van der Waals surface area (Å²) in [6, 6.07) is 0. The van der Waals surface area contributed by atoms with Gasteiger partial charge in [0.2, 0.25) is 0 Å². The Balaban J connectivity index is 4.42. The van der Waals surface area contributed by atoms with E-state index in [0.29, 0.717) is 37.1 Å². The fourth-order valence-electron chi connectivity index (χ4n) is 4.75. The van der Waals surface area contributed by atoms with Crippen molar-refractivity contribution in [3.05, 3.63) is 48.6 Å². The minimum atomic E-state index is -4.19. The molecule has 0 bridgehead atoms. The van der Waals surface area contributed by atoms with Crippen molar-refractivity contribution in [1.82, 2.24) is 0 Å². The van der Waals surface area contributed by atoms with E-state index >= 15 is 0 Å². The Morgan fingerprint density at radius 3 is 1.49 bits per heavy atom.